The van der Waals surface area contributed by atoms with Gasteiger partial charge in [-0.15, -0.1) is 11.3 Å². The van der Waals surface area contributed by atoms with Crippen LogP contribution in [-0.4, -0.2) is 33.8 Å². The van der Waals surface area contributed by atoms with Crippen LogP contribution < -0.4 is 5.32 Å². The van der Waals surface area contributed by atoms with Gasteiger partial charge in [0.25, 0.3) is 5.91 Å². The number of ether oxygens (including phenoxy) is 1. The van der Waals surface area contributed by atoms with Gasteiger partial charge in [0.1, 0.15) is 15.3 Å². The second-order valence-corrected chi connectivity index (χ2v) is 10.8. The van der Waals surface area contributed by atoms with E-state index >= 15 is 0 Å². The molecule has 0 fully saturated rings. The third-order valence-electron chi connectivity index (χ3n) is 5.96. The van der Waals surface area contributed by atoms with Crippen molar-refractivity contribution < 1.29 is 14.3 Å². The number of anilines is 1. The van der Waals surface area contributed by atoms with Crippen LogP contribution in [0.25, 0.3) is 5.82 Å². The number of aryl methyl sites for hydroxylation is 1. The molecule has 4 aromatic rings. The topological polar surface area (TPSA) is 86.1 Å². The summed E-state index contributed by atoms with van der Waals surface area (Å²) >= 11 is 11.0. The number of hydrogen-bond acceptors (Lipinski definition) is 6. The number of pyridine rings is 1. The van der Waals surface area contributed by atoms with Gasteiger partial charge < -0.3 is 10.1 Å². The smallest absolute Gasteiger partial charge is 0.340 e. The lowest BCUT2D eigenvalue weighted by atomic mass is 9.97. The van der Waals surface area contributed by atoms with Gasteiger partial charge in [0.15, 0.2) is 5.82 Å². The number of nitrogens with zero attached hydrogens (tertiary/aromatic N) is 3. The zero-order valence-electron chi connectivity index (χ0n) is 20.6. The second kappa shape index (κ2) is 12.0. The minimum atomic E-state index is -0.526. The Kier molecular flexibility index (Phi) is 8.79. The molecule has 1 amide bonds. The normalized spacial score (nSPS) is 11.8. The highest BCUT2D eigenvalue weighted by Gasteiger charge is 2.25. The lowest BCUT2D eigenvalue weighted by molar-refractivity contribution is 0.0602. The molecule has 1 atom stereocenters. The summed E-state index contributed by atoms with van der Waals surface area (Å²) in [5, 5.41) is 7.92. The fourth-order valence-electron chi connectivity index (χ4n) is 3.87. The Labute approximate surface area is 233 Å². The van der Waals surface area contributed by atoms with Crippen LogP contribution in [0.5, 0.6) is 0 Å². The number of esters is 1. The number of hydrogen-bond donors (Lipinski definition) is 1. The molecule has 0 saturated heterocycles. The van der Waals surface area contributed by atoms with E-state index in [4.69, 9.17) is 16.3 Å². The maximum absolute atomic E-state index is 13.4. The maximum Gasteiger partial charge on any atom is 0.340 e. The van der Waals surface area contributed by atoms with Gasteiger partial charge in [-0.3, -0.25) is 4.79 Å². The van der Waals surface area contributed by atoms with E-state index in [1.54, 1.807) is 30.5 Å². The van der Waals surface area contributed by atoms with Crippen molar-refractivity contribution in [3.63, 3.8) is 0 Å². The summed E-state index contributed by atoms with van der Waals surface area (Å²) < 4.78 is 6.79. The number of carbonyl (C=O) groups excluding carboxylic acids is 2. The van der Waals surface area contributed by atoms with Gasteiger partial charge in [0.2, 0.25) is 0 Å². The fourth-order valence-corrected chi connectivity index (χ4v) is 5.57. The molecule has 1 N–H and O–H groups in total. The summed E-state index contributed by atoms with van der Waals surface area (Å²) in [5.74, 6) is -0.656. The number of rotatable bonds is 9. The van der Waals surface area contributed by atoms with Crippen molar-refractivity contribution in [1.29, 1.82) is 0 Å². The Bertz CT molecular complexity index is 1420. The molecule has 0 bridgehead atoms. The number of carbonyl (C=O) groups is 2. The van der Waals surface area contributed by atoms with Gasteiger partial charge in [0.05, 0.1) is 17.7 Å². The molecular formula is C27H26BrClN4O3S. The first-order valence-corrected chi connectivity index (χ1v) is 13.8. The minimum absolute atomic E-state index is 0.0197. The van der Waals surface area contributed by atoms with Crippen molar-refractivity contribution in [2.75, 3.05) is 12.4 Å². The van der Waals surface area contributed by atoms with E-state index < -0.39 is 11.9 Å². The third kappa shape index (κ3) is 6.11. The van der Waals surface area contributed by atoms with E-state index in [1.807, 2.05) is 0 Å². The van der Waals surface area contributed by atoms with E-state index in [0.29, 0.717) is 26.0 Å². The van der Waals surface area contributed by atoms with Crippen LogP contribution in [0.4, 0.5) is 5.00 Å². The molecule has 10 heteroatoms. The van der Waals surface area contributed by atoms with Crippen molar-refractivity contribution in [2.45, 2.75) is 39.0 Å². The molecule has 3 heterocycles. The largest absolute Gasteiger partial charge is 0.465 e. The van der Waals surface area contributed by atoms with Crippen molar-refractivity contribution in [1.82, 2.24) is 14.8 Å². The van der Waals surface area contributed by atoms with Crippen molar-refractivity contribution >= 4 is 55.7 Å². The van der Waals surface area contributed by atoms with Crippen LogP contribution >= 0.6 is 38.9 Å². The fraction of sp³-hybridized carbons (Fsp3) is 0.259. The number of amides is 1. The Morgan fingerprint density at radius 2 is 1.97 bits per heavy atom. The van der Waals surface area contributed by atoms with Crippen LogP contribution in [0.3, 0.4) is 0 Å². The van der Waals surface area contributed by atoms with Crippen LogP contribution in [0.1, 0.15) is 69.5 Å². The first-order chi connectivity index (χ1) is 17.8. The molecule has 0 aliphatic carbocycles. The average molecular weight is 602 g/mol. The van der Waals surface area contributed by atoms with E-state index in [2.05, 4.69) is 69.4 Å². The quantitative estimate of drug-likeness (QED) is 0.204. The van der Waals surface area contributed by atoms with Crippen molar-refractivity contribution in [2.24, 2.45) is 0 Å². The van der Waals surface area contributed by atoms with Gasteiger partial charge in [0, 0.05) is 23.1 Å². The van der Waals surface area contributed by atoms with Crippen molar-refractivity contribution in [3.8, 4) is 5.82 Å². The van der Waals surface area contributed by atoms with Gasteiger partial charge in [-0.1, -0.05) is 56.1 Å². The molecule has 7 nitrogen and oxygen atoms in total. The molecule has 3 aromatic heterocycles. The Morgan fingerprint density at radius 1 is 1.22 bits per heavy atom. The summed E-state index contributed by atoms with van der Waals surface area (Å²) in [6.45, 7) is 4.26. The van der Waals surface area contributed by atoms with Gasteiger partial charge in [-0.05, 0) is 58.1 Å². The maximum atomic E-state index is 13.4. The van der Waals surface area contributed by atoms with E-state index in [-0.39, 0.29) is 11.6 Å². The Morgan fingerprint density at radius 3 is 2.65 bits per heavy atom. The molecule has 0 aliphatic rings. The summed E-state index contributed by atoms with van der Waals surface area (Å²) in [6, 6.07) is 15.3. The average Bonchev–Trinajstić information content (AvgIpc) is 3.50. The van der Waals surface area contributed by atoms with Gasteiger partial charge >= 0.3 is 5.97 Å². The molecule has 0 spiro atoms. The minimum Gasteiger partial charge on any atom is -0.465 e. The zero-order chi connectivity index (χ0) is 26.5. The molecule has 1 aromatic carbocycles. The van der Waals surface area contributed by atoms with E-state index in [1.165, 1.54) is 28.7 Å². The predicted molar refractivity (Wildman–Crippen MR) is 150 cm³/mol. The van der Waals surface area contributed by atoms with E-state index in [0.717, 1.165) is 29.7 Å². The summed E-state index contributed by atoms with van der Waals surface area (Å²) in [7, 11) is 1.32. The standard InChI is InChI=1S/C27H26BrClN4O3S/c1-4-5-7-17-9-11-18(12-10-17)16(2)22-14-19(27(35)36-3)26(37-22)31-25(34)21-15-23(28)32-33(21)24-20(29)8-6-13-30-24/h6,8-16H,4-5,7H2,1-3H3,(H,31,34). The summed E-state index contributed by atoms with van der Waals surface area (Å²) in [6.07, 6.45) is 4.94. The highest BCUT2D eigenvalue weighted by atomic mass is 79.9. The number of benzene rings is 1. The first-order valence-electron chi connectivity index (χ1n) is 11.8. The number of thiophene rings is 1. The van der Waals surface area contributed by atoms with Gasteiger partial charge in [-0.2, -0.15) is 5.10 Å². The molecule has 0 radical (unpaired) electrons. The first kappa shape index (κ1) is 27.0. The number of halogens is 2. The SMILES string of the molecule is CCCCc1ccc(C(C)c2cc(C(=O)OC)c(NC(=O)c3cc(Br)nn3-c3ncccc3Cl)s2)cc1. The van der Waals surface area contributed by atoms with Crippen molar-refractivity contribution in [3.05, 3.63) is 91.6 Å². The number of nitrogens with one attached hydrogen (secondary N) is 1. The molecular weight excluding hydrogens is 576 g/mol. The molecule has 0 aliphatic heterocycles. The van der Waals surface area contributed by atoms with Crippen LogP contribution in [0.15, 0.2) is 59.3 Å². The monoisotopic (exact) mass is 600 g/mol. The zero-order valence-corrected chi connectivity index (χ0v) is 23.8. The number of unbranched alkanes of at least 4 members (excludes halogenated alkanes) is 1. The Balaban J connectivity index is 1.63. The Hall–Kier alpha value is -3.01. The van der Waals surface area contributed by atoms with Crippen LogP contribution in [0, 0.1) is 0 Å². The summed E-state index contributed by atoms with van der Waals surface area (Å²) in [4.78, 5) is 31.1. The lowest BCUT2D eigenvalue weighted by Crippen LogP contribution is -2.18. The number of methoxy groups -OCH3 is 1. The van der Waals surface area contributed by atoms with E-state index in [9.17, 15) is 9.59 Å². The highest BCUT2D eigenvalue weighted by Crippen LogP contribution is 2.37. The molecule has 1 unspecified atom stereocenters. The second-order valence-electron chi connectivity index (χ2n) is 8.48. The van der Waals surface area contributed by atoms with Gasteiger partial charge in [-0.25, -0.2) is 14.5 Å². The van der Waals surface area contributed by atoms with Crippen LogP contribution in [-0.2, 0) is 11.2 Å². The third-order valence-corrected chi connectivity index (χ3v) is 7.88. The molecule has 4 rings (SSSR count). The molecule has 37 heavy (non-hydrogen) atoms. The lowest BCUT2D eigenvalue weighted by Gasteiger charge is -2.11. The number of aromatic nitrogens is 3. The predicted octanol–water partition coefficient (Wildman–Crippen LogP) is 7.28. The highest BCUT2D eigenvalue weighted by molar-refractivity contribution is 9.10. The molecule has 0 saturated carbocycles. The summed E-state index contributed by atoms with van der Waals surface area (Å²) in [5.41, 5.74) is 2.93. The van der Waals surface area contributed by atoms with Crippen LogP contribution in [0.2, 0.25) is 5.02 Å². The molecule has 192 valence electrons.